The fourth-order valence-electron chi connectivity index (χ4n) is 1.81. The van der Waals surface area contributed by atoms with E-state index in [-0.39, 0.29) is 21.4 Å². The summed E-state index contributed by atoms with van der Waals surface area (Å²) in [5, 5.41) is 13.3. The molecular weight excluding hydrogens is 343 g/mol. The zero-order chi connectivity index (χ0) is 15.6. The molecule has 0 saturated carbocycles. The number of nitrogens with zero attached hydrogens (tertiary/aromatic N) is 1. The van der Waals surface area contributed by atoms with Crippen molar-refractivity contribution in [2.45, 2.75) is 6.92 Å². The number of nitro benzene ring substituents is 1. The van der Waals surface area contributed by atoms with Crippen molar-refractivity contribution in [2.24, 2.45) is 0 Å². The number of hydrogen-bond acceptors (Lipinski definition) is 3. The van der Waals surface area contributed by atoms with E-state index < -0.39 is 16.6 Å². The average Bonchev–Trinajstić information content (AvgIpc) is 2.42. The zero-order valence-electron chi connectivity index (χ0n) is 10.9. The minimum atomic E-state index is -0.626. The van der Waals surface area contributed by atoms with Gasteiger partial charge in [0.2, 0.25) is 0 Å². The van der Waals surface area contributed by atoms with Gasteiger partial charge in [-0.25, -0.2) is 4.39 Å². The molecule has 0 aliphatic heterocycles. The summed E-state index contributed by atoms with van der Waals surface area (Å²) in [4.78, 5) is 22.4. The van der Waals surface area contributed by atoms with Crippen LogP contribution in [-0.4, -0.2) is 10.8 Å². The van der Waals surface area contributed by atoms with Gasteiger partial charge in [0.1, 0.15) is 10.3 Å². The van der Waals surface area contributed by atoms with Gasteiger partial charge in [-0.3, -0.25) is 14.9 Å². The highest BCUT2D eigenvalue weighted by atomic mass is 79.9. The van der Waals surface area contributed by atoms with Crippen molar-refractivity contribution in [1.82, 2.24) is 0 Å². The Kier molecular flexibility index (Phi) is 4.32. The molecule has 2 rings (SSSR count). The SMILES string of the molecule is Cc1cccc(F)c1NC(=O)c1cccc([N+](=O)[O-])c1Br. The van der Waals surface area contributed by atoms with Crippen molar-refractivity contribution in [3.05, 3.63) is 67.9 Å². The van der Waals surface area contributed by atoms with Gasteiger partial charge < -0.3 is 5.32 Å². The second-order valence-corrected chi connectivity index (χ2v) is 5.07. The molecule has 0 aromatic heterocycles. The third-order valence-electron chi connectivity index (χ3n) is 2.88. The second kappa shape index (κ2) is 6.01. The highest BCUT2D eigenvalue weighted by Crippen LogP contribution is 2.29. The van der Waals surface area contributed by atoms with Crippen LogP contribution in [0.3, 0.4) is 0 Å². The largest absolute Gasteiger partial charge is 0.319 e. The Balaban J connectivity index is 2.38. The van der Waals surface area contributed by atoms with E-state index in [0.717, 1.165) is 0 Å². The quantitative estimate of drug-likeness (QED) is 0.668. The summed E-state index contributed by atoms with van der Waals surface area (Å²) >= 11 is 3.04. The van der Waals surface area contributed by atoms with Gasteiger partial charge in [-0.05, 0) is 40.5 Å². The van der Waals surface area contributed by atoms with E-state index in [1.165, 1.54) is 30.3 Å². The van der Waals surface area contributed by atoms with Crippen LogP contribution in [-0.2, 0) is 0 Å². The van der Waals surface area contributed by atoms with Crippen LogP contribution >= 0.6 is 15.9 Å². The fraction of sp³-hybridized carbons (Fsp3) is 0.0714. The molecule has 2 aromatic carbocycles. The number of benzene rings is 2. The molecule has 2 aromatic rings. The first-order valence-electron chi connectivity index (χ1n) is 5.91. The molecule has 7 heteroatoms. The number of rotatable bonds is 3. The van der Waals surface area contributed by atoms with Gasteiger partial charge in [-0.2, -0.15) is 0 Å². The lowest BCUT2D eigenvalue weighted by molar-refractivity contribution is -0.385. The number of hydrogen-bond donors (Lipinski definition) is 1. The van der Waals surface area contributed by atoms with Gasteiger partial charge in [0.25, 0.3) is 11.6 Å². The molecule has 0 aliphatic carbocycles. The fourth-order valence-corrected chi connectivity index (χ4v) is 2.40. The number of halogens is 2. The third kappa shape index (κ3) is 3.08. The maximum Gasteiger partial charge on any atom is 0.284 e. The van der Waals surface area contributed by atoms with Gasteiger partial charge in [0.15, 0.2) is 0 Å². The van der Waals surface area contributed by atoms with Gasteiger partial charge in [0.05, 0.1) is 16.2 Å². The lowest BCUT2D eigenvalue weighted by Crippen LogP contribution is -2.15. The Morgan fingerprint density at radius 1 is 1.29 bits per heavy atom. The predicted molar refractivity (Wildman–Crippen MR) is 79.9 cm³/mol. The summed E-state index contributed by atoms with van der Waals surface area (Å²) in [6.07, 6.45) is 0. The van der Waals surface area contributed by atoms with Crippen molar-refractivity contribution >= 4 is 33.2 Å². The average molecular weight is 353 g/mol. The molecule has 1 N–H and O–H groups in total. The molecule has 0 spiro atoms. The van der Waals surface area contributed by atoms with E-state index in [4.69, 9.17) is 0 Å². The van der Waals surface area contributed by atoms with Gasteiger partial charge >= 0.3 is 0 Å². The smallest absolute Gasteiger partial charge is 0.284 e. The molecule has 0 bridgehead atoms. The number of carbonyl (C=O) groups excluding carboxylic acids is 1. The summed E-state index contributed by atoms with van der Waals surface area (Å²) in [5.41, 5.74) is 0.450. The number of nitro groups is 1. The standard InChI is InChI=1S/C14H10BrFN2O3/c1-8-4-2-6-10(16)13(8)17-14(19)9-5-3-7-11(12(9)15)18(20)21/h2-7H,1H3,(H,17,19). The van der Waals surface area contributed by atoms with Gasteiger partial charge in [-0.1, -0.05) is 18.2 Å². The van der Waals surface area contributed by atoms with Crippen LogP contribution in [0.25, 0.3) is 0 Å². The molecule has 0 radical (unpaired) electrons. The molecule has 0 heterocycles. The summed E-state index contributed by atoms with van der Waals surface area (Å²) in [6, 6.07) is 8.50. The first-order valence-corrected chi connectivity index (χ1v) is 6.70. The molecule has 5 nitrogen and oxygen atoms in total. The molecular formula is C14H10BrFN2O3. The van der Waals surface area contributed by atoms with Crippen LogP contribution in [0.2, 0.25) is 0 Å². The van der Waals surface area contributed by atoms with Crippen LogP contribution < -0.4 is 5.32 Å². The Morgan fingerprint density at radius 2 is 1.95 bits per heavy atom. The monoisotopic (exact) mass is 352 g/mol. The Labute approximate surface area is 128 Å². The van der Waals surface area contributed by atoms with Crippen molar-refractivity contribution in [3.8, 4) is 0 Å². The van der Waals surface area contributed by atoms with E-state index in [9.17, 15) is 19.3 Å². The van der Waals surface area contributed by atoms with Crippen molar-refractivity contribution in [1.29, 1.82) is 0 Å². The van der Waals surface area contributed by atoms with Crippen LogP contribution in [0.15, 0.2) is 40.9 Å². The number of para-hydroxylation sites is 1. The molecule has 21 heavy (non-hydrogen) atoms. The van der Waals surface area contributed by atoms with Crippen LogP contribution in [0, 0.1) is 22.9 Å². The van der Waals surface area contributed by atoms with E-state index in [1.807, 2.05) is 0 Å². The number of aryl methyl sites for hydroxylation is 1. The van der Waals surface area contributed by atoms with Crippen LogP contribution in [0.1, 0.15) is 15.9 Å². The molecule has 0 saturated heterocycles. The summed E-state index contributed by atoms with van der Waals surface area (Å²) in [6.45, 7) is 1.65. The molecule has 0 aliphatic rings. The Bertz CT molecular complexity index is 714. The second-order valence-electron chi connectivity index (χ2n) is 4.28. The van der Waals surface area contributed by atoms with Crippen molar-refractivity contribution in [3.63, 3.8) is 0 Å². The maximum atomic E-state index is 13.7. The predicted octanol–water partition coefficient (Wildman–Crippen LogP) is 4.06. The minimum absolute atomic E-state index is 0.0564. The van der Waals surface area contributed by atoms with Crippen molar-refractivity contribution in [2.75, 3.05) is 5.32 Å². The first kappa shape index (κ1) is 15.1. The van der Waals surface area contributed by atoms with E-state index in [1.54, 1.807) is 13.0 Å². The third-order valence-corrected chi connectivity index (χ3v) is 3.71. The molecule has 1 amide bonds. The number of amides is 1. The highest BCUT2D eigenvalue weighted by Gasteiger charge is 2.20. The van der Waals surface area contributed by atoms with Gasteiger partial charge in [0, 0.05) is 6.07 Å². The van der Waals surface area contributed by atoms with Crippen LogP contribution in [0.4, 0.5) is 15.8 Å². The number of nitrogens with one attached hydrogen (secondary N) is 1. The molecule has 0 atom stereocenters. The van der Waals surface area contributed by atoms with E-state index in [2.05, 4.69) is 21.2 Å². The topological polar surface area (TPSA) is 72.2 Å². The molecule has 0 fully saturated rings. The van der Waals surface area contributed by atoms with E-state index in [0.29, 0.717) is 5.56 Å². The van der Waals surface area contributed by atoms with Crippen molar-refractivity contribution < 1.29 is 14.1 Å². The minimum Gasteiger partial charge on any atom is -0.319 e. The summed E-state index contributed by atoms with van der Waals surface area (Å²) < 4.78 is 13.8. The normalized spacial score (nSPS) is 10.2. The lowest BCUT2D eigenvalue weighted by Gasteiger charge is -2.10. The summed E-state index contributed by atoms with van der Waals surface area (Å²) in [5.74, 6) is -1.19. The molecule has 108 valence electrons. The first-order chi connectivity index (χ1) is 9.91. The Morgan fingerprint density at radius 3 is 2.57 bits per heavy atom. The van der Waals surface area contributed by atoms with Crippen LogP contribution in [0.5, 0.6) is 0 Å². The lowest BCUT2D eigenvalue weighted by atomic mass is 10.1. The van der Waals surface area contributed by atoms with E-state index >= 15 is 0 Å². The van der Waals surface area contributed by atoms with Gasteiger partial charge in [-0.15, -0.1) is 0 Å². The number of carbonyl (C=O) groups is 1. The zero-order valence-corrected chi connectivity index (χ0v) is 12.5. The molecule has 0 unspecified atom stereocenters. The Hall–Kier alpha value is -2.28. The highest BCUT2D eigenvalue weighted by molar-refractivity contribution is 9.10. The maximum absolute atomic E-state index is 13.7. The number of anilines is 1. The summed E-state index contributed by atoms with van der Waals surface area (Å²) in [7, 11) is 0.